The largest absolute Gasteiger partial charge is 0.321 e. The molecule has 0 radical (unpaired) electrons. The number of alkyl halides is 1. The third-order valence-electron chi connectivity index (χ3n) is 3.85. The van der Waals surface area contributed by atoms with E-state index in [2.05, 4.69) is 18.0 Å². The van der Waals surface area contributed by atoms with E-state index in [0.29, 0.717) is 11.4 Å². The van der Waals surface area contributed by atoms with Gasteiger partial charge in [-0.15, -0.1) is 11.6 Å². The summed E-state index contributed by atoms with van der Waals surface area (Å²) in [6, 6.07) is 9.97. The predicted octanol–water partition coefficient (Wildman–Crippen LogP) is 4.43. The van der Waals surface area contributed by atoms with Crippen LogP contribution in [0.3, 0.4) is 0 Å². The zero-order valence-corrected chi connectivity index (χ0v) is 12.1. The second-order valence-corrected chi connectivity index (χ2v) is 5.39. The summed E-state index contributed by atoms with van der Waals surface area (Å²) in [5.41, 5.74) is 2.78. The van der Waals surface area contributed by atoms with Gasteiger partial charge in [0.1, 0.15) is 0 Å². The van der Waals surface area contributed by atoms with E-state index in [1.165, 1.54) is 5.56 Å². The van der Waals surface area contributed by atoms with Crippen LogP contribution >= 0.6 is 11.6 Å². The van der Waals surface area contributed by atoms with Crippen molar-refractivity contribution in [3.8, 4) is 0 Å². The minimum absolute atomic E-state index is 0.158. The van der Waals surface area contributed by atoms with Gasteiger partial charge in [-0.3, -0.25) is 0 Å². The molecule has 2 aromatic rings. The van der Waals surface area contributed by atoms with E-state index in [4.69, 9.17) is 11.6 Å². The summed E-state index contributed by atoms with van der Waals surface area (Å²) in [7, 11) is 0. The standard InChI is InChI=1S/C16H16ClFN2/c1-11-6-7-12-4-2-3-5-14(12)20(11)16-15(18)13(10-17)8-9-19-16/h2-5,8-9,11H,6-7,10H2,1H3. The molecular formula is C16H16ClFN2. The molecule has 0 spiro atoms. The Hall–Kier alpha value is -1.61. The molecule has 0 bridgehead atoms. The first-order valence-electron chi connectivity index (χ1n) is 6.79. The highest BCUT2D eigenvalue weighted by Gasteiger charge is 2.27. The van der Waals surface area contributed by atoms with E-state index in [1.807, 2.05) is 23.1 Å². The summed E-state index contributed by atoms with van der Waals surface area (Å²) in [5, 5.41) is 0. The molecule has 1 aromatic carbocycles. The Labute approximate surface area is 123 Å². The number of rotatable bonds is 2. The monoisotopic (exact) mass is 290 g/mol. The summed E-state index contributed by atoms with van der Waals surface area (Å²) in [4.78, 5) is 6.24. The van der Waals surface area contributed by atoms with Gasteiger partial charge in [-0.2, -0.15) is 0 Å². The summed E-state index contributed by atoms with van der Waals surface area (Å²) >= 11 is 5.79. The summed E-state index contributed by atoms with van der Waals surface area (Å²) in [5.74, 6) is 0.222. The normalized spacial score (nSPS) is 17.9. The van der Waals surface area contributed by atoms with Gasteiger partial charge in [-0.05, 0) is 37.5 Å². The van der Waals surface area contributed by atoms with Crippen LogP contribution in [0, 0.1) is 5.82 Å². The Morgan fingerprint density at radius 1 is 1.35 bits per heavy atom. The van der Waals surface area contributed by atoms with Crippen molar-refractivity contribution in [3.63, 3.8) is 0 Å². The van der Waals surface area contributed by atoms with Crippen LogP contribution in [-0.2, 0) is 12.3 Å². The van der Waals surface area contributed by atoms with Gasteiger partial charge in [0, 0.05) is 23.5 Å². The van der Waals surface area contributed by atoms with Gasteiger partial charge in [0.25, 0.3) is 0 Å². The lowest BCUT2D eigenvalue weighted by atomic mass is 9.96. The van der Waals surface area contributed by atoms with Gasteiger partial charge in [-0.1, -0.05) is 18.2 Å². The van der Waals surface area contributed by atoms with E-state index in [9.17, 15) is 4.39 Å². The molecule has 20 heavy (non-hydrogen) atoms. The van der Waals surface area contributed by atoms with Crippen LogP contribution in [0.4, 0.5) is 15.9 Å². The molecule has 1 aromatic heterocycles. The van der Waals surface area contributed by atoms with Crippen LogP contribution in [0.5, 0.6) is 0 Å². The summed E-state index contributed by atoms with van der Waals surface area (Å²) in [6.07, 6.45) is 3.63. The van der Waals surface area contributed by atoms with Crippen LogP contribution in [0.25, 0.3) is 0 Å². The van der Waals surface area contributed by atoms with Gasteiger partial charge in [-0.25, -0.2) is 9.37 Å². The molecule has 0 saturated heterocycles. The maximum Gasteiger partial charge on any atom is 0.170 e. The lowest BCUT2D eigenvalue weighted by Gasteiger charge is -2.36. The fourth-order valence-electron chi connectivity index (χ4n) is 2.75. The van der Waals surface area contributed by atoms with Gasteiger partial charge in [0.2, 0.25) is 0 Å². The second-order valence-electron chi connectivity index (χ2n) is 5.13. The number of aromatic nitrogens is 1. The van der Waals surface area contributed by atoms with E-state index >= 15 is 0 Å². The van der Waals surface area contributed by atoms with E-state index < -0.39 is 0 Å². The van der Waals surface area contributed by atoms with Gasteiger partial charge in [0.15, 0.2) is 11.6 Å². The summed E-state index contributed by atoms with van der Waals surface area (Å²) < 4.78 is 14.5. The van der Waals surface area contributed by atoms with Crippen molar-refractivity contribution < 1.29 is 4.39 Å². The Morgan fingerprint density at radius 3 is 2.95 bits per heavy atom. The third-order valence-corrected chi connectivity index (χ3v) is 4.13. The van der Waals surface area contributed by atoms with Crippen LogP contribution in [0.15, 0.2) is 36.5 Å². The molecule has 3 rings (SSSR count). The minimum Gasteiger partial charge on any atom is -0.321 e. The van der Waals surface area contributed by atoms with E-state index in [1.54, 1.807) is 12.3 Å². The van der Waals surface area contributed by atoms with Crippen LogP contribution in [-0.4, -0.2) is 11.0 Å². The fraction of sp³-hybridized carbons (Fsp3) is 0.312. The number of benzene rings is 1. The zero-order valence-electron chi connectivity index (χ0n) is 11.3. The molecule has 1 unspecified atom stereocenters. The maximum absolute atomic E-state index is 14.5. The molecule has 104 valence electrons. The molecule has 1 aliphatic rings. The number of anilines is 2. The first-order valence-corrected chi connectivity index (χ1v) is 7.32. The number of hydrogen-bond donors (Lipinski definition) is 0. The highest BCUT2D eigenvalue weighted by Crippen LogP contribution is 2.37. The molecule has 0 saturated carbocycles. The molecule has 0 fully saturated rings. The van der Waals surface area contributed by atoms with Crippen molar-refractivity contribution in [3.05, 3.63) is 53.5 Å². The highest BCUT2D eigenvalue weighted by atomic mass is 35.5. The molecule has 0 N–H and O–H groups in total. The predicted molar refractivity (Wildman–Crippen MR) is 80.1 cm³/mol. The van der Waals surface area contributed by atoms with Gasteiger partial charge in [0.05, 0.1) is 5.88 Å². The second kappa shape index (κ2) is 5.41. The SMILES string of the molecule is CC1CCc2ccccc2N1c1nccc(CCl)c1F. The average Bonchev–Trinajstić information content (AvgIpc) is 2.48. The quantitative estimate of drug-likeness (QED) is 0.761. The van der Waals surface area contributed by atoms with Crippen molar-refractivity contribution in [1.82, 2.24) is 4.98 Å². The van der Waals surface area contributed by atoms with Gasteiger partial charge >= 0.3 is 0 Å². The van der Waals surface area contributed by atoms with Crippen molar-refractivity contribution in [1.29, 1.82) is 0 Å². The average molecular weight is 291 g/mol. The highest BCUT2D eigenvalue weighted by molar-refractivity contribution is 6.17. The fourth-order valence-corrected chi connectivity index (χ4v) is 2.96. The van der Waals surface area contributed by atoms with E-state index in [0.717, 1.165) is 18.5 Å². The molecule has 4 heteroatoms. The van der Waals surface area contributed by atoms with Gasteiger partial charge < -0.3 is 4.90 Å². The molecule has 1 aliphatic heterocycles. The van der Waals surface area contributed by atoms with Crippen LogP contribution < -0.4 is 4.90 Å². The van der Waals surface area contributed by atoms with E-state index in [-0.39, 0.29) is 17.7 Å². The number of fused-ring (bicyclic) bond motifs is 1. The lowest BCUT2D eigenvalue weighted by Crippen LogP contribution is -2.34. The number of pyridine rings is 1. The minimum atomic E-state index is -0.314. The third kappa shape index (κ3) is 2.16. The van der Waals surface area contributed by atoms with Crippen LogP contribution in [0.2, 0.25) is 0 Å². The molecule has 2 nitrogen and oxygen atoms in total. The number of aryl methyl sites for hydroxylation is 1. The first kappa shape index (κ1) is 13.4. The van der Waals surface area contributed by atoms with Crippen molar-refractivity contribution >= 4 is 23.1 Å². The first-order chi connectivity index (χ1) is 9.72. The maximum atomic E-state index is 14.5. The Balaban J connectivity index is 2.14. The smallest absolute Gasteiger partial charge is 0.170 e. The Bertz CT molecular complexity index is 630. The topological polar surface area (TPSA) is 16.1 Å². The van der Waals surface area contributed by atoms with Crippen LogP contribution in [0.1, 0.15) is 24.5 Å². The molecule has 0 aliphatic carbocycles. The zero-order chi connectivity index (χ0) is 14.1. The van der Waals surface area contributed by atoms with Crippen molar-refractivity contribution in [2.75, 3.05) is 4.90 Å². The molecule has 2 heterocycles. The Kier molecular flexibility index (Phi) is 3.62. The van der Waals surface area contributed by atoms with Crippen molar-refractivity contribution in [2.24, 2.45) is 0 Å². The Morgan fingerprint density at radius 2 is 2.15 bits per heavy atom. The van der Waals surface area contributed by atoms with Crippen molar-refractivity contribution in [2.45, 2.75) is 31.7 Å². The molecule has 1 atom stereocenters. The molecule has 0 amide bonds. The number of para-hydroxylation sites is 1. The lowest BCUT2D eigenvalue weighted by molar-refractivity contribution is 0.571. The summed E-state index contributed by atoms with van der Waals surface area (Å²) in [6.45, 7) is 2.10. The molecular weight excluding hydrogens is 275 g/mol. The number of nitrogens with zero attached hydrogens (tertiary/aromatic N) is 2. The number of hydrogen-bond acceptors (Lipinski definition) is 2. The number of halogens is 2.